The number of halogens is 1. The van der Waals surface area contributed by atoms with Gasteiger partial charge in [-0.25, -0.2) is 8.42 Å². The van der Waals surface area contributed by atoms with Crippen molar-refractivity contribution in [2.75, 3.05) is 4.72 Å². The number of carbonyl (C=O) groups is 1. The summed E-state index contributed by atoms with van der Waals surface area (Å²) in [5.41, 5.74) is 0.610. The largest absolute Gasteiger partial charge is 0.350 e. The lowest BCUT2D eigenvalue weighted by Crippen LogP contribution is -2.32. The molecule has 0 fully saturated rings. The van der Waals surface area contributed by atoms with Gasteiger partial charge in [0.05, 0.1) is 21.2 Å². The number of amides is 1. The molecule has 2 rings (SSSR count). The van der Waals surface area contributed by atoms with Gasteiger partial charge in [-0.15, -0.1) is 0 Å². The molecule has 0 saturated heterocycles. The second-order valence-corrected chi connectivity index (χ2v) is 7.87. The lowest BCUT2D eigenvalue weighted by Gasteiger charge is -2.14. The van der Waals surface area contributed by atoms with E-state index in [-0.39, 0.29) is 21.9 Å². The summed E-state index contributed by atoms with van der Waals surface area (Å²) in [5, 5.41) is 3.06. The molecular formula is C18H21ClN2O3S. The highest BCUT2D eigenvalue weighted by Gasteiger charge is 2.16. The van der Waals surface area contributed by atoms with E-state index in [0.29, 0.717) is 11.3 Å². The smallest absolute Gasteiger partial charge is 0.261 e. The second-order valence-electron chi connectivity index (χ2n) is 5.78. The van der Waals surface area contributed by atoms with Crippen LogP contribution in [0.4, 0.5) is 5.69 Å². The van der Waals surface area contributed by atoms with Gasteiger partial charge in [0.1, 0.15) is 0 Å². The second kappa shape index (κ2) is 8.36. The van der Waals surface area contributed by atoms with Crippen molar-refractivity contribution in [1.29, 1.82) is 0 Å². The van der Waals surface area contributed by atoms with Crippen LogP contribution in [0.3, 0.4) is 0 Å². The topological polar surface area (TPSA) is 75.3 Å². The molecule has 0 aliphatic carbocycles. The van der Waals surface area contributed by atoms with E-state index in [4.69, 9.17) is 11.6 Å². The van der Waals surface area contributed by atoms with Gasteiger partial charge in [-0.05, 0) is 43.7 Å². The summed E-state index contributed by atoms with van der Waals surface area (Å²) in [5.74, 6) is -0.275. The highest BCUT2D eigenvalue weighted by atomic mass is 35.5. The molecule has 0 bridgehead atoms. The van der Waals surface area contributed by atoms with E-state index in [9.17, 15) is 13.2 Å². The molecule has 0 spiro atoms. The van der Waals surface area contributed by atoms with E-state index >= 15 is 0 Å². The van der Waals surface area contributed by atoms with Crippen molar-refractivity contribution in [3.8, 4) is 0 Å². The molecule has 25 heavy (non-hydrogen) atoms. The van der Waals surface area contributed by atoms with Gasteiger partial charge in [-0.2, -0.15) is 0 Å². The molecule has 2 aromatic rings. The molecular weight excluding hydrogens is 360 g/mol. The summed E-state index contributed by atoms with van der Waals surface area (Å²) < 4.78 is 27.1. The third-order valence-electron chi connectivity index (χ3n) is 3.62. The average molecular weight is 381 g/mol. The van der Waals surface area contributed by atoms with Crippen LogP contribution in [0.1, 0.15) is 37.0 Å². The molecule has 1 atom stereocenters. The van der Waals surface area contributed by atoms with Crippen molar-refractivity contribution >= 4 is 33.2 Å². The number of benzene rings is 2. The third kappa shape index (κ3) is 5.21. The molecule has 0 aliphatic rings. The fourth-order valence-corrected chi connectivity index (χ4v) is 3.72. The summed E-state index contributed by atoms with van der Waals surface area (Å²) in [7, 11) is -3.70. The highest BCUT2D eigenvalue weighted by molar-refractivity contribution is 7.92. The number of hydrogen-bond donors (Lipinski definition) is 2. The van der Waals surface area contributed by atoms with Crippen molar-refractivity contribution in [2.45, 2.75) is 37.6 Å². The van der Waals surface area contributed by atoms with Crippen LogP contribution < -0.4 is 10.0 Å². The summed E-state index contributed by atoms with van der Waals surface area (Å²) in [6.07, 6.45) is 1.84. The maximum absolute atomic E-state index is 12.3. The Morgan fingerprint density at radius 3 is 2.44 bits per heavy atom. The SMILES string of the molecule is CCC[C@H](C)NC(=O)c1ccc(NS(=O)(=O)c2ccccc2)cc1Cl. The fraction of sp³-hybridized carbons (Fsp3) is 0.278. The minimum Gasteiger partial charge on any atom is -0.350 e. The lowest BCUT2D eigenvalue weighted by molar-refractivity contribution is 0.0938. The Bertz CT molecular complexity index is 839. The van der Waals surface area contributed by atoms with Crippen LogP contribution in [0.25, 0.3) is 0 Å². The maximum Gasteiger partial charge on any atom is 0.261 e. The molecule has 0 heterocycles. The molecule has 0 aromatic heterocycles. The zero-order valence-electron chi connectivity index (χ0n) is 14.1. The van der Waals surface area contributed by atoms with Crippen LogP contribution in [0, 0.1) is 0 Å². The quantitative estimate of drug-likeness (QED) is 0.760. The summed E-state index contributed by atoms with van der Waals surface area (Å²) >= 11 is 6.16. The van der Waals surface area contributed by atoms with Gasteiger partial charge in [0.2, 0.25) is 0 Å². The predicted octanol–water partition coefficient (Wildman–Crippen LogP) is 4.06. The fourth-order valence-electron chi connectivity index (χ4n) is 2.38. The van der Waals surface area contributed by atoms with E-state index in [2.05, 4.69) is 10.0 Å². The maximum atomic E-state index is 12.3. The highest BCUT2D eigenvalue weighted by Crippen LogP contribution is 2.23. The van der Waals surface area contributed by atoms with Crippen LogP contribution in [-0.4, -0.2) is 20.4 Å². The van der Waals surface area contributed by atoms with Crippen molar-refractivity contribution in [2.24, 2.45) is 0 Å². The van der Waals surface area contributed by atoms with Gasteiger partial charge < -0.3 is 5.32 Å². The summed E-state index contributed by atoms with van der Waals surface area (Å²) in [6.45, 7) is 3.97. The Kier molecular flexibility index (Phi) is 6.45. The number of hydrogen-bond acceptors (Lipinski definition) is 3. The number of nitrogens with one attached hydrogen (secondary N) is 2. The zero-order chi connectivity index (χ0) is 18.4. The van der Waals surface area contributed by atoms with E-state index in [0.717, 1.165) is 12.8 Å². The molecule has 2 N–H and O–H groups in total. The Morgan fingerprint density at radius 2 is 1.84 bits per heavy atom. The number of anilines is 1. The number of sulfonamides is 1. The molecule has 0 radical (unpaired) electrons. The first-order valence-corrected chi connectivity index (χ1v) is 9.88. The number of carbonyl (C=O) groups excluding carboxylic acids is 1. The molecule has 0 saturated carbocycles. The van der Waals surface area contributed by atoms with E-state index in [1.165, 1.54) is 30.3 Å². The Labute approximate surface area is 153 Å². The van der Waals surface area contributed by atoms with Crippen LogP contribution in [0.2, 0.25) is 5.02 Å². The van der Waals surface area contributed by atoms with Crippen LogP contribution in [0.15, 0.2) is 53.4 Å². The van der Waals surface area contributed by atoms with Crippen molar-refractivity contribution in [1.82, 2.24) is 5.32 Å². The summed E-state index contributed by atoms with van der Waals surface area (Å²) in [6, 6.07) is 12.5. The molecule has 0 unspecified atom stereocenters. The average Bonchev–Trinajstić information content (AvgIpc) is 2.55. The van der Waals surface area contributed by atoms with Gasteiger partial charge in [0, 0.05) is 6.04 Å². The minimum absolute atomic E-state index is 0.0461. The first kappa shape index (κ1) is 19.3. The van der Waals surface area contributed by atoms with Crippen molar-refractivity contribution in [3.05, 3.63) is 59.1 Å². The third-order valence-corrected chi connectivity index (χ3v) is 5.33. The Hall–Kier alpha value is -2.05. The molecule has 7 heteroatoms. The van der Waals surface area contributed by atoms with Crippen molar-refractivity contribution in [3.63, 3.8) is 0 Å². The molecule has 5 nitrogen and oxygen atoms in total. The molecule has 0 aliphatic heterocycles. The predicted molar refractivity (Wildman–Crippen MR) is 101 cm³/mol. The van der Waals surface area contributed by atoms with Gasteiger partial charge >= 0.3 is 0 Å². The monoisotopic (exact) mass is 380 g/mol. The first-order valence-electron chi connectivity index (χ1n) is 8.01. The Morgan fingerprint density at radius 1 is 1.16 bits per heavy atom. The van der Waals surface area contributed by atoms with Crippen molar-refractivity contribution < 1.29 is 13.2 Å². The van der Waals surface area contributed by atoms with E-state index in [1.807, 2.05) is 13.8 Å². The van der Waals surface area contributed by atoms with E-state index < -0.39 is 10.0 Å². The number of rotatable bonds is 7. The van der Waals surface area contributed by atoms with Gasteiger partial charge in [-0.1, -0.05) is 43.1 Å². The van der Waals surface area contributed by atoms with Gasteiger partial charge in [0.25, 0.3) is 15.9 Å². The standard InChI is InChI=1S/C18H21ClN2O3S/c1-3-7-13(2)20-18(22)16-11-10-14(12-17(16)19)21-25(23,24)15-8-5-4-6-9-15/h4-6,8-13,21H,3,7H2,1-2H3,(H,20,22)/t13-/m0/s1. The van der Waals surface area contributed by atoms with Crippen LogP contribution in [0.5, 0.6) is 0 Å². The zero-order valence-corrected chi connectivity index (χ0v) is 15.7. The molecule has 2 aromatic carbocycles. The normalized spacial score (nSPS) is 12.4. The van der Waals surface area contributed by atoms with Crippen LogP contribution >= 0.6 is 11.6 Å². The van der Waals surface area contributed by atoms with Gasteiger partial charge in [-0.3, -0.25) is 9.52 Å². The summed E-state index contributed by atoms with van der Waals surface area (Å²) in [4.78, 5) is 12.4. The minimum atomic E-state index is -3.70. The van der Waals surface area contributed by atoms with Crippen LogP contribution in [-0.2, 0) is 10.0 Å². The molecule has 1 amide bonds. The lowest BCUT2D eigenvalue weighted by atomic mass is 10.1. The molecule has 134 valence electrons. The first-order chi connectivity index (χ1) is 11.8. The van der Waals surface area contributed by atoms with E-state index in [1.54, 1.807) is 18.2 Å². The Balaban J connectivity index is 2.15. The van der Waals surface area contributed by atoms with Gasteiger partial charge in [0.15, 0.2) is 0 Å².